The highest BCUT2D eigenvalue weighted by atomic mass is 79.9. The molecule has 0 heterocycles. The van der Waals surface area contributed by atoms with Gasteiger partial charge in [-0.05, 0) is 22.0 Å². The summed E-state index contributed by atoms with van der Waals surface area (Å²) in [4.78, 5) is 0. The number of hydrogen-bond acceptors (Lipinski definition) is 2. The largest absolute Gasteiger partial charge is 0.488 e. The molecule has 0 spiro atoms. The molecule has 0 atom stereocenters. The molecule has 0 aromatic heterocycles. The molecule has 1 aromatic rings. The molecule has 1 aromatic carbocycles. The van der Waals surface area contributed by atoms with E-state index in [2.05, 4.69) is 22.5 Å². The second kappa shape index (κ2) is 4.28. The summed E-state index contributed by atoms with van der Waals surface area (Å²) < 4.78 is 18.6. The van der Waals surface area contributed by atoms with Gasteiger partial charge in [0.1, 0.15) is 18.2 Å². The lowest BCUT2D eigenvalue weighted by Crippen LogP contribution is -1.97. The van der Waals surface area contributed by atoms with Gasteiger partial charge in [0.2, 0.25) is 0 Å². The van der Waals surface area contributed by atoms with Crippen LogP contribution in [-0.4, -0.2) is 6.61 Å². The monoisotopic (exact) mass is 245 g/mol. The molecule has 0 amide bonds. The minimum atomic E-state index is -0.460. The van der Waals surface area contributed by atoms with E-state index in [1.807, 2.05) is 0 Å². The van der Waals surface area contributed by atoms with E-state index in [4.69, 9.17) is 10.5 Å². The average Bonchev–Trinajstić information content (AvgIpc) is 2.09. The maximum absolute atomic E-state index is 12.9. The Balaban J connectivity index is 2.94. The molecule has 70 valence electrons. The normalized spacial score (nSPS) is 9.69. The van der Waals surface area contributed by atoms with Crippen molar-refractivity contribution in [2.45, 2.75) is 0 Å². The van der Waals surface area contributed by atoms with E-state index in [-0.39, 0.29) is 5.69 Å². The molecular weight excluding hydrogens is 237 g/mol. The van der Waals surface area contributed by atoms with Crippen LogP contribution in [0.25, 0.3) is 0 Å². The lowest BCUT2D eigenvalue weighted by molar-refractivity contribution is 0.360. The molecule has 0 aliphatic rings. The van der Waals surface area contributed by atoms with Crippen molar-refractivity contribution in [3.8, 4) is 5.75 Å². The number of halogens is 2. The van der Waals surface area contributed by atoms with Crippen LogP contribution in [0.5, 0.6) is 5.75 Å². The standard InChI is InChI=1S/C9H9BrFNO/c1-2-3-13-9-5-8(12)7(11)4-6(9)10/h2,4-5H,1,3,12H2. The zero-order valence-corrected chi connectivity index (χ0v) is 8.47. The Morgan fingerprint density at radius 2 is 2.31 bits per heavy atom. The highest BCUT2D eigenvalue weighted by molar-refractivity contribution is 9.10. The van der Waals surface area contributed by atoms with Crippen molar-refractivity contribution >= 4 is 21.6 Å². The minimum Gasteiger partial charge on any atom is -0.488 e. The van der Waals surface area contributed by atoms with Crippen LogP contribution in [0.4, 0.5) is 10.1 Å². The van der Waals surface area contributed by atoms with E-state index in [1.165, 1.54) is 12.1 Å². The highest BCUT2D eigenvalue weighted by Crippen LogP contribution is 2.29. The second-order valence-corrected chi connectivity index (χ2v) is 3.26. The summed E-state index contributed by atoms with van der Waals surface area (Å²) >= 11 is 3.16. The van der Waals surface area contributed by atoms with Crippen molar-refractivity contribution in [1.29, 1.82) is 0 Å². The fraction of sp³-hybridized carbons (Fsp3) is 0.111. The number of rotatable bonds is 3. The topological polar surface area (TPSA) is 35.2 Å². The van der Waals surface area contributed by atoms with E-state index >= 15 is 0 Å². The molecule has 4 heteroatoms. The number of hydrogen-bond donors (Lipinski definition) is 1. The molecule has 0 radical (unpaired) electrons. The third-order valence-corrected chi connectivity index (χ3v) is 2.03. The van der Waals surface area contributed by atoms with Crippen LogP contribution in [0.3, 0.4) is 0 Å². The smallest absolute Gasteiger partial charge is 0.147 e. The van der Waals surface area contributed by atoms with Gasteiger partial charge in [0.25, 0.3) is 0 Å². The number of ether oxygens (including phenoxy) is 1. The predicted molar refractivity (Wildman–Crippen MR) is 54.2 cm³/mol. The molecule has 0 saturated heterocycles. The zero-order chi connectivity index (χ0) is 9.84. The van der Waals surface area contributed by atoms with Gasteiger partial charge in [-0.25, -0.2) is 4.39 Å². The Kier molecular flexibility index (Phi) is 3.31. The zero-order valence-electron chi connectivity index (χ0n) is 6.89. The van der Waals surface area contributed by atoms with Gasteiger partial charge < -0.3 is 10.5 Å². The van der Waals surface area contributed by atoms with Gasteiger partial charge in [-0.3, -0.25) is 0 Å². The van der Waals surface area contributed by atoms with Gasteiger partial charge in [0.15, 0.2) is 0 Å². The summed E-state index contributed by atoms with van der Waals surface area (Å²) in [6.45, 7) is 3.86. The van der Waals surface area contributed by atoms with Crippen molar-refractivity contribution in [2.24, 2.45) is 0 Å². The Bertz CT molecular complexity index is 328. The van der Waals surface area contributed by atoms with Gasteiger partial charge in [0.05, 0.1) is 10.2 Å². The predicted octanol–water partition coefficient (Wildman–Crippen LogP) is 2.74. The van der Waals surface area contributed by atoms with Crippen molar-refractivity contribution in [3.63, 3.8) is 0 Å². The number of benzene rings is 1. The Morgan fingerprint density at radius 3 is 2.92 bits per heavy atom. The van der Waals surface area contributed by atoms with Gasteiger partial charge in [-0.1, -0.05) is 12.7 Å². The summed E-state index contributed by atoms with van der Waals surface area (Å²) in [7, 11) is 0. The second-order valence-electron chi connectivity index (χ2n) is 2.40. The van der Waals surface area contributed by atoms with E-state index in [0.29, 0.717) is 16.8 Å². The Morgan fingerprint density at radius 1 is 1.62 bits per heavy atom. The summed E-state index contributed by atoms with van der Waals surface area (Å²) in [6, 6.07) is 2.71. The molecule has 1 rings (SSSR count). The van der Waals surface area contributed by atoms with E-state index in [9.17, 15) is 4.39 Å². The van der Waals surface area contributed by atoms with Crippen LogP contribution in [-0.2, 0) is 0 Å². The minimum absolute atomic E-state index is 0.0715. The summed E-state index contributed by atoms with van der Waals surface area (Å²) in [6.07, 6.45) is 1.60. The van der Waals surface area contributed by atoms with Crippen LogP contribution >= 0.6 is 15.9 Å². The first-order valence-corrected chi connectivity index (χ1v) is 4.42. The molecular formula is C9H9BrFNO. The van der Waals surface area contributed by atoms with Crippen LogP contribution < -0.4 is 10.5 Å². The average molecular weight is 246 g/mol. The fourth-order valence-electron chi connectivity index (χ4n) is 0.804. The van der Waals surface area contributed by atoms with Gasteiger partial charge in [-0.2, -0.15) is 0 Å². The Hall–Kier alpha value is -1.03. The number of anilines is 1. The van der Waals surface area contributed by atoms with Gasteiger partial charge in [-0.15, -0.1) is 0 Å². The SMILES string of the molecule is C=CCOc1cc(N)c(F)cc1Br. The van der Waals surface area contributed by atoms with Crippen LogP contribution in [0.2, 0.25) is 0 Å². The van der Waals surface area contributed by atoms with Gasteiger partial charge in [0, 0.05) is 6.07 Å². The Labute approximate surface area is 84.3 Å². The van der Waals surface area contributed by atoms with E-state index < -0.39 is 5.82 Å². The van der Waals surface area contributed by atoms with E-state index in [1.54, 1.807) is 6.08 Å². The summed E-state index contributed by atoms with van der Waals surface area (Å²) in [5.41, 5.74) is 5.43. The molecule has 0 unspecified atom stereocenters. The highest BCUT2D eigenvalue weighted by Gasteiger charge is 2.05. The molecule has 0 aliphatic heterocycles. The van der Waals surface area contributed by atoms with Crippen molar-refractivity contribution < 1.29 is 9.13 Å². The maximum Gasteiger partial charge on any atom is 0.147 e. The molecule has 0 saturated carbocycles. The summed E-state index contributed by atoms with van der Waals surface area (Å²) in [5.74, 6) is 0.0524. The summed E-state index contributed by atoms with van der Waals surface area (Å²) in [5, 5.41) is 0. The van der Waals surface area contributed by atoms with Crippen LogP contribution in [0, 0.1) is 5.82 Å². The first-order chi connectivity index (χ1) is 6.15. The first-order valence-electron chi connectivity index (χ1n) is 3.63. The first kappa shape index (κ1) is 10.1. The molecule has 0 bridgehead atoms. The third kappa shape index (κ3) is 2.45. The van der Waals surface area contributed by atoms with Crippen LogP contribution in [0.15, 0.2) is 29.3 Å². The van der Waals surface area contributed by atoms with E-state index in [0.717, 1.165) is 0 Å². The quantitative estimate of drug-likeness (QED) is 0.657. The lowest BCUT2D eigenvalue weighted by atomic mass is 10.3. The lowest BCUT2D eigenvalue weighted by Gasteiger charge is -2.07. The van der Waals surface area contributed by atoms with Crippen LogP contribution in [0.1, 0.15) is 0 Å². The van der Waals surface area contributed by atoms with Gasteiger partial charge >= 0.3 is 0 Å². The van der Waals surface area contributed by atoms with Crippen molar-refractivity contribution in [1.82, 2.24) is 0 Å². The molecule has 0 aliphatic carbocycles. The maximum atomic E-state index is 12.9. The van der Waals surface area contributed by atoms with Crippen molar-refractivity contribution in [3.05, 3.63) is 35.1 Å². The molecule has 13 heavy (non-hydrogen) atoms. The number of nitrogens with two attached hydrogens (primary N) is 1. The third-order valence-electron chi connectivity index (χ3n) is 1.41. The fourth-order valence-corrected chi connectivity index (χ4v) is 1.23. The molecule has 2 nitrogen and oxygen atoms in total. The molecule has 0 fully saturated rings. The molecule has 2 N–H and O–H groups in total. The van der Waals surface area contributed by atoms with Crippen molar-refractivity contribution in [2.75, 3.05) is 12.3 Å². The number of nitrogen functional groups attached to an aromatic ring is 1.